The molecule has 2 aromatic rings. The first-order valence-electron chi connectivity index (χ1n) is 7.50. The van der Waals surface area contributed by atoms with Crippen molar-refractivity contribution in [2.75, 3.05) is 32.7 Å². The molecule has 2 N–H and O–H groups in total. The highest BCUT2D eigenvalue weighted by Gasteiger charge is 2.35. The topological polar surface area (TPSA) is 66.2 Å². The minimum absolute atomic E-state index is 0. The Morgan fingerprint density at radius 2 is 1.96 bits per heavy atom. The summed E-state index contributed by atoms with van der Waals surface area (Å²) in [5, 5.41) is 18.4. The molecule has 1 aromatic carbocycles. The van der Waals surface area contributed by atoms with Crippen LogP contribution >= 0.6 is 12.4 Å². The summed E-state index contributed by atoms with van der Waals surface area (Å²) in [5.74, 6) is -1.43. The van der Waals surface area contributed by atoms with Crippen molar-refractivity contribution in [1.82, 2.24) is 25.0 Å². The van der Waals surface area contributed by atoms with Crippen LogP contribution in [0.15, 0.2) is 30.9 Å². The standard InChI is InChI=1S/C15H19F2N5O.ClH/c16-12-1-2-13(14(17)7-12)15(23,9-22-11-19-10-20-22)8-21-5-3-18-4-6-21;/h1-2,7,10-11,18,23H,3-6,8-9H2;1H. The summed E-state index contributed by atoms with van der Waals surface area (Å²) in [6.07, 6.45) is 2.82. The fourth-order valence-corrected chi connectivity index (χ4v) is 2.91. The molecular weight excluding hydrogens is 340 g/mol. The Morgan fingerprint density at radius 1 is 1.21 bits per heavy atom. The van der Waals surface area contributed by atoms with Gasteiger partial charge in [-0.1, -0.05) is 6.07 Å². The highest BCUT2D eigenvalue weighted by molar-refractivity contribution is 5.85. The van der Waals surface area contributed by atoms with Gasteiger partial charge in [0.2, 0.25) is 0 Å². The number of rotatable bonds is 5. The first-order valence-corrected chi connectivity index (χ1v) is 7.50. The van der Waals surface area contributed by atoms with E-state index in [0.29, 0.717) is 0 Å². The zero-order valence-electron chi connectivity index (χ0n) is 13.0. The van der Waals surface area contributed by atoms with Gasteiger partial charge in [0.15, 0.2) is 0 Å². The molecule has 0 amide bonds. The van der Waals surface area contributed by atoms with Gasteiger partial charge in [-0.2, -0.15) is 5.10 Å². The van der Waals surface area contributed by atoms with Crippen LogP contribution in [0.5, 0.6) is 0 Å². The summed E-state index contributed by atoms with van der Waals surface area (Å²) in [6.45, 7) is 3.40. The molecule has 0 bridgehead atoms. The zero-order valence-corrected chi connectivity index (χ0v) is 13.8. The summed E-state index contributed by atoms with van der Waals surface area (Å²) >= 11 is 0. The van der Waals surface area contributed by atoms with Crippen LogP contribution in [0.3, 0.4) is 0 Å². The maximum Gasteiger partial charge on any atom is 0.137 e. The summed E-state index contributed by atoms with van der Waals surface area (Å²) in [4.78, 5) is 5.90. The van der Waals surface area contributed by atoms with Crippen molar-refractivity contribution < 1.29 is 13.9 Å². The molecule has 132 valence electrons. The van der Waals surface area contributed by atoms with Gasteiger partial charge in [-0.25, -0.2) is 18.4 Å². The van der Waals surface area contributed by atoms with Crippen LogP contribution in [0.2, 0.25) is 0 Å². The monoisotopic (exact) mass is 359 g/mol. The van der Waals surface area contributed by atoms with Gasteiger partial charge in [0, 0.05) is 44.4 Å². The summed E-state index contributed by atoms with van der Waals surface area (Å²) in [6, 6.07) is 3.24. The lowest BCUT2D eigenvalue weighted by atomic mass is 9.92. The van der Waals surface area contributed by atoms with Gasteiger partial charge in [-0.3, -0.25) is 4.90 Å². The fraction of sp³-hybridized carbons (Fsp3) is 0.467. The Bertz CT molecular complexity index is 651. The molecule has 1 aromatic heterocycles. The Morgan fingerprint density at radius 3 is 2.58 bits per heavy atom. The number of benzene rings is 1. The van der Waals surface area contributed by atoms with Gasteiger partial charge in [0.1, 0.15) is 29.9 Å². The molecule has 1 unspecified atom stereocenters. The van der Waals surface area contributed by atoms with Gasteiger partial charge >= 0.3 is 0 Å². The van der Waals surface area contributed by atoms with Crippen molar-refractivity contribution in [3.8, 4) is 0 Å². The third-order valence-corrected chi connectivity index (χ3v) is 4.02. The highest BCUT2D eigenvalue weighted by Crippen LogP contribution is 2.27. The molecule has 3 rings (SSSR count). The molecule has 2 heterocycles. The number of halogens is 3. The first kappa shape index (κ1) is 18.7. The molecule has 0 saturated carbocycles. The molecule has 0 spiro atoms. The van der Waals surface area contributed by atoms with Crippen LogP contribution in [0.4, 0.5) is 8.78 Å². The second-order valence-electron chi connectivity index (χ2n) is 5.77. The van der Waals surface area contributed by atoms with Crippen LogP contribution in [-0.4, -0.2) is 57.5 Å². The molecule has 1 fully saturated rings. The molecule has 0 radical (unpaired) electrons. The molecule has 1 aliphatic rings. The molecule has 0 aliphatic carbocycles. The van der Waals surface area contributed by atoms with Crippen LogP contribution in [0, 0.1) is 11.6 Å². The molecule has 6 nitrogen and oxygen atoms in total. The average Bonchev–Trinajstić information content (AvgIpc) is 3.00. The minimum Gasteiger partial charge on any atom is -0.382 e. The first-order chi connectivity index (χ1) is 11.1. The van der Waals surface area contributed by atoms with E-state index < -0.39 is 17.2 Å². The maximum absolute atomic E-state index is 14.3. The Kier molecular flexibility index (Phi) is 6.22. The van der Waals surface area contributed by atoms with E-state index in [1.165, 1.54) is 23.4 Å². The van der Waals surface area contributed by atoms with E-state index in [1.54, 1.807) is 0 Å². The van der Waals surface area contributed by atoms with E-state index in [4.69, 9.17) is 0 Å². The summed E-state index contributed by atoms with van der Waals surface area (Å²) < 4.78 is 28.9. The molecule has 1 aliphatic heterocycles. The third-order valence-electron chi connectivity index (χ3n) is 4.02. The normalized spacial score (nSPS) is 18.0. The van der Waals surface area contributed by atoms with E-state index in [2.05, 4.69) is 20.3 Å². The molecule has 1 saturated heterocycles. The van der Waals surface area contributed by atoms with Gasteiger partial charge in [0.05, 0.1) is 6.54 Å². The maximum atomic E-state index is 14.3. The predicted molar refractivity (Wildman–Crippen MR) is 86.8 cm³/mol. The van der Waals surface area contributed by atoms with Crippen molar-refractivity contribution in [2.45, 2.75) is 12.1 Å². The highest BCUT2D eigenvalue weighted by atomic mass is 35.5. The van der Waals surface area contributed by atoms with Crippen LogP contribution in [-0.2, 0) is 12.1 Å². The predicted octanol–water partition coefficient (Wildman–Crippen LogP) is 0.771. The van der Waals surface area contributed by atoms with Crippen molar-refractivity contribution in [3.05, 3.63) is 48.1 Å². The average molecular weight is 360 g/mol. The van der Waals surface area contributed by atoms with Crippen molar-refractivity contribution in [3.63, 3.8) is 0 Å². The van der Waals surface area contributed by atoms with Crippen molar-refractivity contribution >= 4 is 12.4 Å². The molecule has 1 atom stereocenters. The van der Waals surface area contributed by atoms with Crippen LogP contribution in [0.1, 0.15) is 5.56 Å². The summed E-state index contributed by atoms with van der Waals surface area (Å²) in [7, 11) is 0. The van der Waals surface area contributed by atoms with Crippen LogP contribution < -0.4 is 5.32 Å². The molecule has 24 heavy (non-hydrogen) atoms. The number of hydrogen-bond donors (Lipinski definition) is 2. The van der Waals surface area contributed by atoms with E-state index >= 15 is 0 Å². The number of nitrogens with one attached hydrogen (secondary N) is 1. The molecular formula is C15H20ClF2N5O. The lowest BCUT2D eigenvalue weighted by Crippen LogP contribution is -2.51. The van der Waals surface area contributed by atoms with Gasteiger partial charge < -0.3 is 10.4 Å². The van der Waals surface area contributed by atoms with Crippen LogP contribution in [0.25, 0.3) is 0 Å². The van der Waals surface area contributed by atoms with E-state index in [-0.39, 0.29) is 31.1 Å². The number of aromatic nitrogens is 3. The fourth-order valence-electron chi connectivity index (χ4n) is 2.91. The number of nitrogens with zero attached hydrogens (tertiary/aromatic N) is 4. The third kappa shape index (κ3) is 4.27. The smallest absolute Gasteiger partial charge is 0.137 e. The Balaban J connectivity index is 0.00000208. The van der Waals surface area contributed by atoms with Gasteiger partial charge in [0.25, 0.3) is 0 Å². The van der Waals surface area contributed by atoms with Crippen molar-refractivity contribution in [2.24, 2.45) is 0 Å². The van der Waals surface area contributed by atoms with Crippen molar-refractivity contribution in [1.29, 1.82) is 0 Å². The second-order valence-corrected chi connectivity index (χ2v) is 5.77. The lowest BCUT2D eigenvalue weighted by molar-refractivity contribution is -0.0239. The second kappa shape index (κ2) is 7.98. The number of hydrogen-bond acceptors (Lipinski definition) is 5. The Labute approximate surface area is 144 Å². The van der Waals surface area contributed by atoms with E-state index in [0.717, 1.165) is 38.3 Å². The number of β-amino-alcohol motifs (C(OH)–C–C–N with tert-alkyl or cyclic N) is 1. The Hall–Kier alpha value is -1.61. The zero-order chi connectivity index (χ0) is 16.3. The van der Waals surface area contributed by atoms with E-state index in [9.17, 15) is 13.9 Å². The SMILES string of the molecule is Cl.OC(CN1CCNCC1)(Cn1cncn1)c1ccc(F)cc1F. The quantitative estimate of drug-likeness (QED) is 0.825. The number of piperazine rings is 1. The molecule has 9 heteroatoms. The lowest BCUT2D eigenvalue weighted by Gasteiger charge is -2.36. The summed E-state index contributed by atoms with van der Waals surface area (Å²) in [5.41, 5.74) is -1.46. The number of aliphatic hydroxyl groups is 1. The van der Waals surface area contributed by atoms with Gasteiger partial charge in [-0.05, 0) is 6.07 Å². The van der Waals surface area contributed by atoms with E-state index in [1.807, 2.05) is 0 Å². The van der Waals surface area contributed by atoms with Gasteiger partial charge in [-0.15, -0.1) is 12.4 Å². The minimum atomic E-state index is -1.52. The largest absolute Gasteiger partial charge is 0.382 e.